The minimum atomic E-state index is 0.807. The summed E-state index contributed by atoms with van der Waals surface area (Å²) >= 11 is 0. The van der Waals surface area contributed by atoms with Crippen LogP contribution in [0.15, 0.2) is 30.0 Å². The molecule has 0 atom stereocenters. The van der Waals surface area contributed by atoms with Crippen molar-refractivity contribution in [1.82, 2.24) is 4.98 Å². The summed E-state index contributed by atoms with van der Waals surface area (Å²) in [5.41, 5.74) is 11.3. The van der Waals surface area contributed by atoms with Crippen molar-refractivity contribution in [3.05, 3.63) is 41.1 Å². The summed E-state index contributed by atoms with van der Waals surface area (Å²) in [5.74, 6) is 0. The van der Waals surface area contributed by atoms with Crippen molar-refractivity contribution in [3.8, 4) is 0 Å². The van der Waals surface area contributed by atoms with E-state index in [2.05, 4.69) is 31.0 Å². The van der Waals surface area contributed by atoms with E-state index >= 15 is 0 Å². The lowest BCUT2D eigenvalue weighted by Crippen LogP contribution is -1.92. The quantitative estimate of drug-likeness (QED) is 0.734. The Labute approximate surface area is 95.8 Å². The average molecular weight is 212 g/mol. The Morgan fingerprint density at radius 3 is 2.75 bits per heavy atom. The summed E-state index contributed by atoms with van der Waals surface area (Å²) in [5, 5.41) is 1.13. The van der Waals surface area contributed by atoms with Crippen molar-refractivity contribution in [2.24, 2.45) is 0 Å². The third kappa shape index (κ3) is 1.91. The first-order valence-corrected chi connectivity index (χ1v) is 5.37. The van der Waals surface area contributed by atoms with E-state index in [0.717, 1.165) is 27.7 Å². The minimum Gasteiger partial charge on any atom is -0.398 e. The highest BCUT2D eigenvalue weighted by Gasteiger charge is 2.04. The van der Waals surface area contributed by atoms with Gasteiger partial charge in [-0.1, -0.05) is 11.6 Å². The Balaban J connectivity index is 2.82. The Kier molecular flexibility index (Phi) is 2.65. The summed E-state index contributed by atoms with van der Waals surface area (Å²) in [6, 6.07) is 6.01. The van der Waals surface area contributed by atoms with Gasteiger partial charge in [0, 0.05) is 22.8 Å². The molecule has 0 saturated carbocycles. The fourth-order valence-electron chi connectivity index (χ4n) is 1.79. The number of allylic oxidation sites excluding steroid dienone is 1. The number of benzene rings is 1. The average Bonchev–Trinajstić information content (AvgIpc) is 2.22. The molecule has 1 aromatic heterocycles. The predicted molar refractivity (Wildman–Crippen MR) is 70.2 cm³/mol. The van der Waals surface area contributed by atoms with Gasteiger partial charge in [-0.3, -0.25) is 4.98 Å². The van der Waals surface area contributed by atoms with Crippen LogP contribution in [0.3, 0.4) is 0 Å². The Morgan fingerprint density at radius 2 is 2.06 bits per heavy atom. The molecule has 0 spiro atoms. The van der Waals surface area contributed by atoms with Crippen LogP contribution in [0, 0.1) is 6.92 Å². The van der Waals surface area contributed by atoms with Crippen molar-refractivity contribution in [1.29, 1.82) is 0 Å². The van der Waals surface area contributed by atoms with E-state index < -0.39 is 0 Å². The Bertz CT molecular complexity index is 559. The van der Waals surface area contributed by atoms with Gasteiger partial charge in [-0.15, -0.1) is 0 Å². The number of pyridine rings is 1. The molecule has 0 amide bonds. The highest BCUT2D eigenvalue weighted by atomic mass is 14.7. The standard InChI is InChI=1S/C14H16N2/c1-9(2)6-11-12-7-10(3)8-16-14(12)5-4-13(11)15/h4-8H,15H2,1-3H3. The molecule has 0 aliphatic carbocycles. The SMILES string of the molecule is CC(C)=Cc1c(N)ccc2ncc(C)cc12. The molecule has 16 heavy (non-hydrogen) atoms. The van der Waals surface area contributed by atoms with E-state index in [-0.39, 0.29) is 0 Å². The molecule has 0 radical (unpaired) electrons. The molecule has 0 fully saturated rings. The van der Waals surface area contributed by atoms with Crippen molar-refractivity contribution in [3.63, 3.8) is 0 Å². The van der Waals surface area contributed by atoms with Gasteiger partial charge in [0.1, 0.15) is 0 Å². The molecule has 0 unspecified atom stereocenters. The largest absolute Gasteiger partial charge is 0.398 e. The lowest BCUT2D eigenvalue weighted by Gasteiger charge is -2.07. The monoisotopic (exact) mass is 212 g/mol. The topological polar surface area (TPSA) is 38.9 Å². The predicted octanol–water partition coefficient (Wildman–Crippen LogP) is 3.55. The van der Waals surface area contributed by atoms with Gasteiger partial charge in [0.25, 0.3) is 0 Å². The zero-order valence-corrected chi connectivity index (χ0v) is 9.91. The molecule has 2 nitrogen and oxygen atoms in total. The first-order valence-electron chi connectivity index (χ1n) is 5.37. The number of aromatic nitrogens is 1. The number of nitrogens with two attached hydrogens (primary N) is 1. The Hall–Kier alpha value is -1.83. The minimum absolute atomic E-state index is 0.807. The number of hydrogen-bond donors (Lipinski definition) is 1. The van der Waals surface area contributed by atoms with Crippen LogP contribution in [0.1, 0.15) is 25.0 Å². The summed E-state index contributed by atoms with van der Waals surface area (Å²) in [7, 11) is 0. The van der Waals surface area contributed by atoms with Crippen molar-refractivity contribution in [2.75, 3.05) is 5.73 Å². The summed E-state index contributed by atoms with van der Waals surface area (Å²) in [6.45, 7) is 6.19. The van der Waals surface area contributed by atoms with Crippen LogP contribution in [0.2, 0.25) is 0 Å². The van der Waals surface area contributed by atoms with E-state index in [1.165, 1.54) is 5.57 Å². The number of hydrogen-bond acceptors (Lipinski definition) is 2. The molecule has 1 aromatic carbocycles. The number of nitrogen functional groups attached to an aromatic ring is 1. The van der Waals surface area contributed by atoms with E-state index in [1.54, 1.807) is 0 Å². The van der Waals surface area contributed by atoms with Gasteiger partial charge in [0.2, 0.25) is 0 Å². The maximum atomic E-state index is 6.01. The second kappa shape index (κ2) is 3.97. The first-order chi connectivity index (χ1) is 7.58. The van der Waals surface area contributed by atoms with Crippen LogP contribution in [-0.4, -0.2) is 4.98 Å². The molecule has 0 bridgehead atoms. The van der Waals surface area contributed by atoms with Crippen LogP contribution >= 0.6 is 0 Å². The van der Waals surface area contributed by atoms with Gasteiger partial charge in [-0.05, 0) is 44.5 Å². The van der Waals surface area contributed by atoms with Gasteiger partial charge in [0.05, 0.1) is 5.52 Å². The highest BCUT2D eigenvalue weighted by Crippen LogP contribution is 2.26. The van der Waals surface area contributed by atoms with E-state index in [1.807, 2.05) is 25.3 Å². The zero-order chi connectivity index (χ0) is 11.7. The van der Waals surface area contributed by atoms with E-state index in [9.17, 15) is 0 Å². The molecular formula is C14H16N2. The second-order valence-electron chi connectivity index (χ2n) is 4.37. The smallest absolute Gasteiger partial charge is 0.0709 e. The number of anilines is 1. The number of fused-ring (bicyclic) bond motifs is 1. The molecule has 0 saturated heterocycles. The fraction of sp³-hybridized carbons (Fsp3) is 0.214. The van der Waals surface area contributed by atoms with E-state index in [0.29, 0.717) is 0 Å². The third-order valence-electron chi connectivity index (χ3n) is 2.51. The van der Waals surface area contributed by atoms with Gasteiger partial charge in [-0.25, -0.2) is 0 Å². The van der Waals surface area contributed by atoms with Gasteiger partial charge < -0.3 is 5.73 Å². The molecule has 0 aliphatic rings. The molecule has 1 heterocycles. The summed E-state index contributed by atoms with van der Waals surface area (Å²) < 4.78 is 0. The van der Waals surface area contributed by atoms with Gasteiger partial charge >= 0.3 is 0 Å². The van der Waals surface area contributed by atoms with Crippen LogP contribution < -0.4 is 5.73 Å². The number of rotatable bonds is 1. The van der Waals surface area contributed by atoms with Crippen molar-refractivity contribution in [2.45, 2.75) is 20.8 Å². The van der Waals surface area contributed by atoms with Crippen LogP contribution in [-0.2, 0) is 0 Å². The maximum Gasteiger partial charge on any atom is 0.0709 e. The molecule has 2 aromatic rings. The Morgan fingerprint density at radius 1 is 1.31 bits per heavy atom. The van der Waals surface area contributed by atoms with E-state index in [4.69, 9.17) is 5.73 Å². The molecule has 2 heteroatoms. The normalized spacial score (nSPS) is 10.4. The van der Waals surface area contributed by atoms with Crippen molar-refractivity contribution >= 4 is 22.7 Å². The molecule has 2 rings (SSSR count). The summed E-state index contributed by atoms with van der Waals surface area (Å²) in [6.07, 6.45) is 3.99. The number of nitrogens with zero attached hydrogens (tertiary/aromatic N) is 1. The van der Waals surface area contributed by atoms with Crippen LogP contribution in [0.4, 0.5) is 5.69 Å². The first kappa shape index (κ1) is 10.7. The van der Waals surface area contributed by atoms with Crippen LogP contribution in [0.25, 0.3) is 17.0 Å². The fourth-order valence-corrected chi connectivity index (χ4v) is 1.79. The maximum absolute atomic E-state index is 6.01. The molecule has 0 aliphatic heterocycles. The lowest BCUT2D eigenvalue weighted by atomic mass is 10.0. The third-order valence-corrected chi connectivity index (χ3v) is 2.51. The van der Waals surface area contributed by atoms with Crippen molar-refractivity contribution < 1.29 is 0 Å². The molecule has 2 N–H and O–H groups in total. The van der Waals surface area contributed by atoms with Gasteiger partial charge in [-0.2, -0.15) is 0 Å². The number of aryl methyl sites for hydroxylation is 1. The summed E-state index contributed by atoms with van der Waals surface area (Å²) in [4.78, 5) is 4.40. The molecular weight excluding hydrogens is 196 g/mol. The highest BCUT2D eigenvalue weighted by molar-refractivity contribution is 5.93. The van der Waals surface area contributed by atoms with Gasteiger partial charge in [0.15, 0.2) is 0 Å². The lowest BCUT2D eigenvalue weighted by molar-refractivity contribution is 1.33. The zero-order valence-electron chi connectivity index (χ0n) is 9.91. The second-order valence-corrected chi connectivity index (χ2v) is 4.37. The molecule has 82 valence electrons. The van der Waals surface area contributed by atoms with Crippen LogP contribution in [0.5, 0.6) is 0 Å².